The summed E-state index contributed by atoms with van der Waals surface area (Å²) >= 11 is 0. The van der Waals surface area contributed by atoms with Crippen LogP contribution < -0.4 is 10.6 Å². The average molecular weight is 362 g/mol. The smallest absolute Gasteiger partial charge is 0.225 e. The van der Waals surface area contributed by atoms with Gasteiger partial charge in [0.2, 0.25) is 5.95 Å². The minimum Gasteiger partial charge on any atom is -0.366 e. The molecule has 0 saturated heterocycles. The summed E-state index contributed by atoms with van der Waals surface area (Å²) in [5, 5.41) is 6.74. The summed E-state index contributed by atoms with van der Waals surface area (Å²) in [4.78, 5) is 15.5. The van der Waals surface area contributed by atoms with Gasteiger partial charge in [-0.2, -0.15) is 4.98 Å². The normalized spacial score (nSPS) is 10.8. The van der Waals surface area contributed by atoms with Gasteiger partial charge in [-0.3, -0.25) is 4.98 Å². The van der Waals surface area contributed by atoms with Crippen LogP contribution in [0.4, 0.5) is 11.8 Å². The molecule has 0 spiro atoms. The Morgan fingerprint density at radius 2 is 1.78 bits per heavy atom. The van der Waals surface area contributed by atoms with Crippen molar-refractivity contribution < 1.29 is 0 Å². The predicted molar refractivity (Wildman–Crippen MR) is 111 cm³/mol. The topological polar surface area (TPSA) is 66.0 Å². The van der Waals surface area contributed by atoms with Crippen LogP contribution in [0.5, 0.6) is 0 Å². The number of pyridine rings is 1. The SMILES string of the molecule is Cc1cccc(CNc2cc(-c3ccncc3)nc(NCCN(C)C)n2)c1. The summed E-state index contributed by atoms with van der Waals surface area (Å²) in [5.74, 6) is 1.42. The van der Waals surface area contributed by atoms with Gasteiger partial charge in [-0.25, -0.2) is 4.98 Å². The molecule has 0 amide bonds. The van der Waals surface area contributed by atoms with Crippen molar-refractivity contribution >= 4 is 11.8 Å². The van der Waals surface area contributed by atoms with Crippen LogP contribution >= 0.6 is 0 Å². The van der Waals surface area contributed by atoms with Gasteiger partial charge < -0.3 is 15.5 Å². The molecule has 3 rings (SSSR count). The molecule has 0 aliphatic heterocycles. The molecule has 0 fully saturated rings. The molecule has 0 bridgehead atoms. The molecule has 2 heterocycles. The molecule has 0 radical (unpaired) electrons. The standard InChI is InChI=1S/C21H26N6/c1-16-5-4-6-17(13-16)15-24-20-14-19(18-7-9-22-10-8-18)25-21(26-20)23-11-12-27(2)3/h4-10,13-14H,11-12,15H2,1-3H3,(H2,23,24,25,26). The van der Waals surface area contributed by atoms with E-state index in [1.165, 1.54) is 11.1 Å². The van der Waals surface area contributed by atoms with E-state index in [1.54, 1.807) is 12.4 Å². The Morgan fingerprint density at radius 3 is 2.52 bits per heavy atom. The van der Waals surface area contributed by atoms with Crippen LogP contribution in [-0.2, 0) is 6.54 Å². The Morgan fingerprint density at radius 1 is 0.963 bits per heavy atom. The molecule has 0 atom stereocenters. The van der Waals surface area contributed by atoms with E-state index in [2.05, 4.69) is 61.7 Å². The van der Waals surface area contributed by atoms with Gasteiger partial charge in [0.1, 0.15) is 5.82 Å². The van der Waals surface area contributed by atoms with Gasteiger partial charge in [0, 0.05) is 43.7 Å². The number of benzene rings is 1. The fraction of sp³-hybridized carbons (Fsp3) is 0.286. The van der Waals surface area contributed by atoms with Crippen molar-refractivity contribution in [3.8, 4) is 11.3 Å². The lowest BCUT2D eigenvalue weighted by Crippen LogP contribution is -2.21. The van der Waals surface area contributed by atoms with Gasteiger partial charge >= 0.3 is 0 Å². The molecule has 27 heavy (non-hydrogen) atoms. The Labute approximate surface area is 160 Å². The van der Waals surface area contributed by atoms with Gasteiger partial charge in [-0.05, 0) is 38.7 Å². The van der Waals surface area contributed by atoms with E-state index in [0.717, 1.165) is 30.2 Å². The third kappa shape index (κ3) is 5.76. The van der Waals surface area contributed by atoms with Gasteiger partial charge in [-0.15, -0.1) is 0 Å². The van der Waals surface area contributed by atoms with Crippen LogP contribution in [0.25, 0.3) is 11.3 Å². The number of nitrogens with one attached hydrogen (secondary N) is 2. The molecule has 2 N–H and O–H groups in total. The van der Waals surface area contributed by atoms with Crippen molar-refractivity contribution in [2.24, 2.45) is 0 Å². The second-order valence-electron chi connectivity index (χ2n) is 6.77. The minimum absolute atomic E-state index is 0.623. The van der Waals surface area contributed by atoms with E-state index in [9.17, 15) is 0 Å². The molecule has 6 heteroatoms. The molecule has 1 aromatic carbocycles. The summed E-state index contributed by atoms with van der Waals surface area (Å²) in [5.41, 5.74) is 4.36. The van der Waals surface area contributed by atoms with Crippen LogP contribution in [0.3, 0.4) is 0 Å². The zero-order valence-corrected chi connectivity index (χ0v) is 16.1. The summed E-state index contributed by atoms with van der Waals surface area (Å²) in [6, 6.07) is 14.3. The summed E-state index contributed by atoms with van der Waals surface area (Å²) in [7, 11) is 4.09. The zero-order valence-electron chi connectivity index (χ0n) is 16.1. The van der Waals surface area contributed by atoms with Gasteiger partial charge in [-0.1, -0.05) is 29.8 Å². The van der Waals surface area contributed by atoms with Crippen molar-refractivity contribution in [2.75, 3.05) is 37.8 Å². The largest absolute Gasteiger partial charge is 0.366 e. The van der Waals surface area contributed by atoms with E-state index in [1.807, 2.05) is 32.3 Å². The van der Waals surface area contributed by atoms with Crippen molar-refractivity contribution in [3.63, 3.8) is 0 Å². The lowest BCUT2D eigenvalue weighted by atomic mass is 10.1. The molecular weight excluding hydrogens is 336 g/mol. The Bertz CT molecular complexity index is 864. The number of aromatic nitrogens is 3. The molecule has 0 unspecified atom stereocenters. The number of hydrogen-bond acceptors (Lipinski definition) is 6. The fourth-order valence-electron chi connectivity index (χ4n) is 2.69. The first-order valence-corrected chi connectivity index (χ1v) is 9.07. The monoisotopic (exact) mass is 362 g/mol. The quantitative estimate of drug-likeness (QED) is 0.640. The molecular formula is C21H26N6. The number of likely N-dealkylation sites (N-methyl/N-ethyl adjacent to an activating group) is 1. The van der Waals surface area contributed by atoms with Crippen LogP contribution in [0.2, 0.25) is 0 Å². The van der Waals surface area contributed by atoms with Gasteiger partial charge in [0.25, 0.3) is 0 Å². The first kappa shape index (κ1) is 18.8. The maximum absolute atomic E-state index is 4.66. The number of hydrogen-bond donors (Lipinski definition) is 2. The van der Waals surface area contributed by atoms with E-state index < -0.39 is 0 Å². The fourth-order valence-corrected chi connectivity index (χ4v) is 2.69. The van der Waals surface area contributed by atoms with Crippen LogP contribution in [0.15, 0.2) is 54.9 Å². The second-order valence-corrected chi connectivity index (χ2v) is 6.77. The second kappa shape index (κ2) is 9.09. The molecule has 2 aromatic heterocycles. The maximum atomic E-state index is 4.66. The third-order valence-corrected chi connectivity index (χ3v) is 4.10. The maximum Gasteiger partial charge on any atom is 0.225 e. The lowest BCUT2D eigenvalue weighted by Gasteiger charge is -2.13. The summed E-state index contributed by atoms with van der Waals surface area (Å²) < 4.78 is 0. The summed E-state index contributed by atoms with van der Waals surface area (Å²) in [6.45, 7) is 4.51. The summed E-state index contributed by atoms with van der Waals surface area (Å²) in [6.07, 6.45) is 3.55. The van der Waals surface area contributed by atoms with E-state index in [-0.39, 0.29) is 0 Å². The molecule has 0 aliphatic rings. The highest BCUT2D eigenvalue weighted by molar-refractivity contribution is 5.63. The van der Waals surface area contributed by atoms with Crippen LogP contribution in [0.1, 0.15) is 11.1 Å². The number of nitrogens with zero attached hydrogens (tertiary/aromatic N) is 4. The highest BCUT2D eigenvalue weighted by atomic mass is 15.2. The average Bonchev–Trinajstić information content (AvgIpc) is 2.67. The molecule has 6 nitrogen and oxygen atoms in total. The Balaban J connectivity index is 1.80. The number of anilines is 2. The minimum atomic E-state index is 0.623. The predicted octanol–water partition coefficient (Wildman–Crippen LogP) is 3.43. The molecule has 140 valence electrons. The number of rotatable bonds is 8. The first-order valence-electron chi connectivity index (χ1n) is 9.07. The van der Waals surface area contributed by atoms with Crippen molar-refractivity contribution in [3.05, 3.63) is 66.0 Å². The van der Waals surface area contributed by atoms with Gasteiger partial charge in [0.15, 0.2) is 0 Å². The van der Waals surface area contributed by atoms with Crippen molar-refractivity contribution in [1.29, 1.82) is 0 Å². The molecule has 3 aromatic rings. The van der Waals surface area contributed by atoms with E-state index >= 15 is 0 Å². The molecule has 0 aliphatic carbocycles. The Kier molecular flexibility index (Phi) is 6.33. The van der Waals surface area contributed by atoms with Crippen molar-refractivity contribution in [2.45, 2.75) is 13.5 Å². The van der Waals surface area contributed by atoms with Gasteiger partial charge in [0.05, 0.1) is 5.69 Å². The van der Waals surface area contributed by atoms with E-state index in [4.69, 9.17) is 0 Å². The highest BCUT2D eigenvalue weighted by Crippen LogP contribution is 2.21. The van der Waals surface area contributed by atoms with E-state index in [0.29, 0.717) is 12.5 Å². The number of aryl methyl sites for hydroxylation is 1. The molecule has 0 saturated carbocycles. The van der Waals surface area contributed by atoms with Crippen LogP contribution in [0, 0.1) is 6.92 Å². The highest BCUT2D eigenvalue weighted by Gasteiger charge is 2.07. The Hall–Kier alpha value is -2.99. The van der Waals surface area contributed by atoms with Crippen molar-refractivity contribution in [1.82, 2.24) is 19.9 Å². The zero-order chi connectivity index (χ0) is 19.1. The third-order valence-electron chi connectivity index (χ3n) is 4.10. The first-order chi connectivity index (χ1) is 13.1. The van der Waals surface area contributed by atoms with Crippen LogP contribution in [-0.4, -0.2) is 47.0 Å². The lowest BCUT2D eigenvalue weighted by molar-refractivity contribution is 0.425.